The fraction of sp³-hybridized carbons (Fsp3) is 0.667. The van der Waals surface area contributed by atoms with Crippen LogP contribution in [0.5, 0.6) is 0 Å². The van der Waals surface area contributed by atoms with Crippen molar-refractivity contribution in [2.24, 2.45) is 17.8 Å². The van der Waals surface area contributed by atoms with Crippen LogP contribution in [0.25, 0.3) is 0 Å². The highest BCUT2D eigenvalue weighted by atomic mass is 16.6. The molecule has 4 saturated carbocycles. The molecular formula is C24H35N3O3. The Morgan fingerprint density at radius 2 is 1.57 bits per heavy atom. The van der Waals surface area contributed by atoms with Crippen LogP contribution in [0.15, 0.2) is 24.3 Å². The molecule has 0 spiro atoms. The third-order valence-corrected chi connectivity index (χ3v) is 6.73. The number of carbonyl (C=O) groups is 2. The summed E-state index contributed by atoms with van der Waals surface area (Å²) in [6, 6.07) is 7.91. The Labute approximate surface area is 179 Å². The molecule has 4 aliphatic carbocycles. The van der Waals surface area contributed by atoms with E-state index in [9.17, 15) is 9.59 Å². The Hall–Kier alpha value is -2.24. The van der Waals surface area contributed by atoms with E-state index in [2.05, 4.69) is 10.6 Å². The first-order valence-corrected chi connectivity index (χ1v) is 11.2. The number of nitrogens with one attached hydrogen (secondary N) is 2. The van der Waals surface area contributed by atoms with Gasteiger partial charge >= 0.3 is 6.09 Å². The summed E-state index contributed by atoms with van der Waals surface area (Å²) in [7, 11) is 1.58. The van der Waals surface area contributed by atoms with Gasteiger partial charge in [-0.05, 0) is 89.2 Å². The number of ether oxygens (including phenoxy) is 1. The molecule has 0 heterocycles. The second-order valence-electron chi connectivity index (χ2n) is 10.8. The summed E-state index contributed by atoms with van der Waals surface area (Å²) in [5, 5.41) is 6.84. The van der Waals surface area contributed by atoms with E-state index >= 15 is 0 Å². The van der Waals surface area contributed by atoms with Crippen LogP contribution >= 0.6 is 0 Å². The molecule has 0 unspecified atom stereocenters. The van der Waals surface area contributed by atoms with Crippen molar-refractivity contribution >= 4 is 23.4 Å². The van der Waals surface area contributed by atoms with Crippen molar-refractivity contribution in [2.45, 2.75) is 70.4 Å². The fourth-order valence-corrected chi connectivity index (χ4v) is 6.06. The Balaban J connectivity index is 1.40. The van der Waals surface area contributed by atoms with Gasteiger partial charge in [0.15, 0.2) is 0 Å². The first kappa shape index (κ1) is 21.0. The maximum Gasteiger partial charge on any atom is 0.410 e. The van der Waals surface area contributed by atoms with Crippen molar-refractivity contribution in [3.05, 3.63) is 24.3 Å². The molecule has 0 aromatic heterocycles. The van der Waals surface area contributed by atoms with Gasteiger partial charge in [0.05, 0.1) is 11.4 Å². The van der Waals surface area contributed by atoms with E-state index in [1.54, 1.807) is 7.05 Å². The van der Waals surface area contributed by atoms with Crippen molar-refractivity contribution < 1.29 is 14.3 Å². The number of anilines is 2. The predicted octanol–water partition coefficient (Wildman–Crippen LogP) is 4.87. The molecule has 0 atom stereocenters. The SMILES string of the molecule is CN(CC(=O)Nc1ccccc1NC12CC3CC(CC(C3)C1)C2)C(=O)OC(C)(C)C. The average Bonchev–Trinajstić information content (AvgIpc) is 2.60. The first-order chi connectivity index (χ1) is 14.1. The molecule has 0 aliphatic heterocycles. The summed E-state index contributed by atoms with van der Waals surface area (Å²) in [6.45, 7) is 5.38. The van der Waals surface area contributed by atoms with Crippen LogP contribution in [0.2, 0.25) is 0 Å². The second-order valence-corrected chi connectivity index (χ2v) is 10.8. The predicted molar refractivity (Wildman–Crippen MR) is 118 cm³/mol. The van der Waals surface area contributed by atoms with Gasteiger partial charge in [-0.15, -0.1) is 0 Å². The zero-order valence-corrected chi connectivity index (χ0v) is 18.7. The molecule has 4 fully saturated rings. The number of hydrogen-bond acceptors (Lipinski definition) is 4. The minimum Gasteiger partial charge on any atom is -0.444 e. The average molecular weight is 414 g/mol. The fourth-order valence-electron chi connectivity index (χ4n) is 6.06. The Morgan fingerprint density at radius 3 is 2.10 bits per heavy atom. The lowest BCUT2D eigenvalue weighted by molar-refractivity contribution is -0.117. The minimum absolute atomic E-state index is 0.0549. The Morgan fingerprint density at radius 1 is 1.03 bits per heavy atom. The van der Waals surface area contributed by atoms with Crippen LogP contribution < -0.4 is 10.6 Å². The van der Waals surface area contributed by atoms with Gasteiger partial charge in [-0.2, -0.15) is 0 Å². The topological polar surface area (TPSA) is 70.7 Å². The zero-order chi connectivity index (χ0) is 21.5. The molecule has 6 nitrogen and oxygen atoms in total. The van der Waals surface area contributed by atoms with E-state index in [1.807, 2.05) is 45.0 Å². The molecule has 0 saturated heterocycles. The first-order valence-electron chi connectivity index (χ1n) is 11.2. The number of carbonyl (C=O) groups excluding carboxylic acids is 2. The van der Waals surface area contributed by atoms with E-state index in [0.717, 1.165) is 29.1 Å². The van der Waals surface area contributed by atoms with Gasteiger partial charge in [-0.25, -0.2) is 4.79 Å². The standard InChI is InChI=1S/C24H35N3O3/c1-23(2,3)30-22(29)27(4)15-21(28)25-19-7-5-6-8-20(19)26-24-12-16-9-17(13-24)11-18(10-16)14-24/h5-8,16-18,26H,9-15H2,1-4H3,(H,25,28). The molecule has 4 bridgehead atoms. The lowest BCUT2D eigenvalue weighted by atomic mass is 9.53. The van der Waals surface area contributed by atoms with E-state index < -0.39 is 11.7 Å². The molecule has 0 radical (unpaired) electrons. The van der Waals surface area contributed by atoms with E-state index in [0.29, 0.717) is 0 Å². The highest BCUT2D eigenvalue weighted by Crippen LogP contribution is 2.56. The number of benzene rings is 1. The number of nitrogens with zero attached hydrogens (tertiary/aromatic N) is 1. The van der Waals surface area contributed by atoms with Gasteiger partial charge in [0.25, 0.3) is 0 Å². The quantitative estimate of drug-likeness (QED) is 0.722. The second kappa shape index (κ2) is 7.78. The smallest absolute Gasteiger partial charge is 0.410 e. The van der Waals surface area contributed by atoms with Crippen molar-refractivity contribution in [3.63, 3.8) is 0 Å². The van der Waals surface area contributed by atoms with Crippen LogP contribution in [0, 0.1) is 17.8 Å². The van der Waals surface area contributed by atoms with Gasteiger partial charge in [-0.1, -0.05) is 12.1 Å². The van der Waals surface area contributed by atoms with Crippen LogP contribution in [0.1, 0.15) is 59.3 Å². The normalized spacial score (nSPS) is 29.4. The molecule has 1 aromatic rings. The van der Waals surface area contributed by atoms with Gasteiger partial charge < -0.3 is 20.3 Å². The number of hydrogen-bond donors (Lipinski definition) is 2. The molecule has 2 amide bonds. The summed E-state index contributed by atoms with van der Waals surface area (Å²) in [5.41, 5.74) is 1.34. The molecule has 164 valence electrons. The van der Waals surface area contributed by atoms with Crippen LogP contribution in [0.3, 0.4) is 0 Å². The summed E-state index contributed by atoms with van der Waals surface area (Å²) in [6.07, 6.45) is 7.41. The van der Waals surface area contributed by atoms with Crippen molar-refractivity contribution in [2.75, 3.05) is 24.2 Å². The Bertz CT molecular complexity index is 779. The number of para-hydroxylation sites is 2. The summed E-state index contributed by atoms with van der Waals surface area (Å²) in [4.78, 5) is 26.1. The molecule has 4 aliphatic rings. The van der Waals surface area contributed by atoms with Gasteiger partial charge in [0.2, 0.25) is 5.91 Å². The van der Waals surface area contributed by atoms with E-state index in [4.69, 9.17) is 4.74 Å². The molecule has 1 aromatic carbocycles. The maximum atomic E-state index is 12.6. The number of rotatable bonds is 5. The largest absolute Gasteiger partial charge is 0.444 e. The van der Waals surface area contributed by atoms with E-state index in [1.165, 1.54) is 43.4 Å². The van der Waals surface area contributed by atoms with Gasteiger partial charge in [0, 0.05) is 12.6 Å². The lowest BCUT2D eigenvalue weighted by Gasteiger charge is -2.57. The molecule has 5 rings (SSSR count). The summed E-state index contributed by atoms with van der Waals surface area (Å²) in [5.74, 6) is 2.33. The van der Waals surface area contributed by atoms with Crippen LogP contribution in [0.4, 0.5) is 16.2 Å². The van der Waals surface area contributed by atoms with Crippen LogP contribution in [-0.2, 0) is 9.53 Å². The molecular weight excluding hydrogens is 378 g/mol. The van der Waals surface area contributed by atoms with Crippen molar-refractivity contribution in [3.8, 4) is 0 Å². The lowest BCUT2D eigenvalue weighted by Crippen LogP contribution is -2.54. The van der Waals surface area contributed by atoms with Gasteiger partial charge in [-0.3, -0.25) is 4.79 Å². The number of likely N-dealkylation sites (N-methyl/N-ethyl adjacent to an activating group) is 1. The molecule has 2 N–H and O–H groups in total. The minimum atomic E-state index is -0.587. The third-order valence-electron chi connectivity index (χ3n) is 6.73. The monoisotopic (exact) mass is 413 g/mol. The number of amides is 2. The van der Waals surface area contributed by atoms with Crippen molar-refractivity contribution in [1.82, 2.24) is 4.90 Å². The highest BCUT2D eigenvalue weighted by Gasteiger charge is 2.51. The summed E-state index contributed by atoms with van der Waals surface area (Å²) >= 11 is 0. The van der Waals surface area contributed by atoms with Crippen molar-refractivity contribution in [1.29, 1.82) is 0 Å². The third kappa shape index (κ3) is 4.73. The van der Waals surface area contributed by atoms with Crippen LogP contribution in [-0.4, -0.2) is 41.6 Å². The highest BCUT2D eigenvalue weighted by molar-refractivity contribution is 5.96. The Kier molecular flexibility index (Phi) is 5.45. The summed E-state index contributed by atoms with van der Waals surface area (Å²) < 4.78 is 5.33. The maximum absolute atomic E-state index is 12.6. The van der Waals surface area contributed by atoms with E-state index in [-0.39, 0.29) is 18.0 Å². The zero-order valence-electron chi connectivity index (χ0n) is 18.7. The van der Waals surface area contributed by atoms with Gasteiger partial charge in [0.1, 0.15) is 12.1 Å². The molecule has 6 heteroatoms. The molecule has 30 heavy (non-hydrogen) atoms.